The number of hydrogen-bond donors (Lipinski definition) is 4. The zero-order valence-corrected chi connectivity index (χ0v) is 25.3. The standard InChI is InChI=1S/C32H37N5O7/c1-31(2,3)13-34-14-36-16-6-8-20(35-12-16)17-7-9-21(38)23-18(17)10-15-11-19-25(37(4)5)27(40)24(30(33)43)29(42)32(19,44)28(41)22(15)26(23)39/h6-9,12,14-15,19,22,24-25,38,44H,10-11,13H2,1-5H3,(H2,33,43)(H,34,36)/t15-,19-,22?,24?,25+,32-/m0/s1. The van der Waals surface area contributed by atoms with Crippen LogP contribution in [0.1, 0.15) is 43.1 Å². The van der Waals surface area contributed by atoms with Gasteiger partial charge < -0.3 is 21.3 Å². The smallest absolute Gasteiger partial charge is 0.235 e. The number of phenolic OH excluding ortho intramolecular Hbond substituents is 1. The highest BCUT2D eigenvalue weighted by molar-refractivity contribution is 6.32. The van der Waals surface area contributed by atoms with Crippen molar-refractivity contribution < 1.29 is 34.2 Å². The number of aromatic hydroxyl groups is 1. The number of aromatic nitrogens is 1. The maximum absolute atomic E-state index is 14.0. The molecule has 2 saturated carbocycles. The number of nitrogens with one attached hydrogen (secondary N) is 1. The SMILES string of the molecule is CN(C)[C@H]1C(=O)C(C(N)=O)C(=O)[C@@]2(O)C(=O)C3C(=O)c4c(O)ccc(-c5ccc(NC=NCC(C)(C)C)cn5)c4C[C@H]3C[C@@H]12. The number of nitrogens with zero attached hydrogens (tertiary/aromatic N) is 3. The van der Waals surface area contributed by atoms with Crippen LogP contribution in [0, 0.1) is 29.1 Å². The van der Waals surface area contributed by atoms with Gasteiger partial charge in [0, 0.05) is 18.0 Å². The van der Waals surface area contributed by atoms with Gasteiger partial charge in [-0.3, -0.25) is 38.8 Å². The van der Waals surface area contributed by atoms with Gasteiger partial charge in [-0.1, -0.05) is 20.8 Å². The van der Waals surface area contributed by atoms with Crippen molar-refractivity contribution in [2.24, 2.45) is 39.8 Å². The van der Waals surface area contributed by atoms with Crippen LogP contribution in [-0.2, 0) is 25.6 Å². The molecule has 0 saturated heterocycles. The van der Waals surface area contributed by atoms with Gasteiger partial charge in [0.2, 0.25) is 5.91 Å². The van der Waals surface area contributed by atoms with Crippen LogP contribution in [0.5, 0.6) is 5.75 Å². The summed E-state index contributed by atoms with van der Waals surface area (Å²) in [5.41, 5.74) is 4.88. The van der Waals surface area contributed by atoms with Crippen molar-refractivity contribution >= 4 is 41.1 Å². The lowest BCUT2D eigenvalue weighted by molar-refractivity contribution is -0.181. The highest BCUT2D eigenvalue weighted by Crippen LogP contribution is 2.51. The molecule has 2 unspecified atom stereocenters. The Balaban J connectivity index is 1.51. The Labute approximate surface area is 254 Å². The van der Waals surface area contributed by atoms with E-state index in [1.165, 1.54) is 11.0 Å². The zero-order chi connectivity index (χ0) is 32.3. The van der Waals surface area contributed by atoms with E-state index < -0.39 is 64.4 Å². The van der Waals surface area contributed by atoms with E-state index in [0.717, 1.165) is 0 Å². The maximum Gasteiger partial charge on any atom is 0.235 e. The summed E-state index contributed by atoms with van der Waals surface area (Å²) in [4.78, 5) is 77.1. The van der Waals surface area contributed by atoms with Crippen molar-refractivity contribution in [3.05, 3.63) is 41.6 Å². The summed E-state index contributed by atoms with van der Waals surface area (Å²) in [6, 6.07) is 5.40. The number of fused-ring (bicyclic) bond motifs is 3. The van der Waals surface area contributed by atoms with E-state index in [2.05, 4.69) is 36.1 Å². The van der Waals surface area contributed by atoms with Crippen LogP contribution in [0.2, 0.25) is 0 Å². The Morgan fingerprint density at radius 1 is 1.16 bits per heavy atom. The average molecular weight is 604 g/mol. The number of carbonyl (C=O) groups excluding carboxylic acids is 5. The van der Waals surface area contributed by atoms with Gasteiger partial charge in [-0.15, -0.1) is 0 Å². The molecule has 1 aromatic heterocycles. The molecule has 12 nitrogen and oxygen atoms in total. The minimum atomic E-state index is -2.76. The van der Waals surface area contributed by atoms with Crippen LogP contribution in [0.4, 0.5) is 5.69 Å². The number of nitrogens with two attached hydrogens (primary N) is 1. The summed E-state index contributed by atoms with van der Waals surface area (Å²) in [7, 11) is 3.09. The fraction of sp³-hybridized carbons (Fsp3) is 0.469. The van der Waals surface area contributed by atoms with Crippen LogP contribution in [0.25, 0.3) is 11.3 Å². The van der Waals surface area contributed by atoms with Crippen LogP contribution < -0.4 is 11.1 Å². The highest BCUT2D eigenvalue weighted by atomic mass is 16.3. The Bertz CT molecular complexity index is 1590. The number of pyridine rings is 1. The molecule has 0 radical (unpaired) electrons. The summed E-state index contributed by atoms with van der Waals surface area (Å²) in [6.45, 7) is 6.90. The Morgan fingerprint density at radius 2 is 1.86 bits per heavy atom. The Hall–Kier alpha value is -4.29. The number of rotatable bonds is 6. The van der Waals surface area contributed by atoms with E-state index in [0.29, 0.717) is 29.1 Å². The van der Waals surface area contributed by atoms with E-state index in [1.54, 1.807) is 44.8 Å². The fourth-order valence-corrected chi connectivity index (χ4v) is 6.92. The van der Waals surface area contributed by atoms with Gasteiger partial charge in [-0.2, -0.15) is 0 Å². The molecule has 3 aliphatic rings. The van der Waals surface area contributed by atoms with Crippen LogP contribution >= 0.6 is 0 Å². The van der Waals surface area contributed by atoms with Crippen molar-refractivity contribution in [3.63, 3.8) is 0 Å². The Morgan fingerprint density at radius 3 is 2.45 bits per heavy atom. The van der Waals surface area contributed by atoms with Gasteiger partial charge in [0.1, 0.15) is 5.75 Å². The third kappa shape index (κ3) is 5.01. The van der Waals surface area contributed by atoms with Gasteiger partial charge in [-0.05, 0) is 68.1 Å². The molecule has 3 aliphatic carbocycles. The first kappa shape index (κ1) is 31.1. The first-order chi connectivity index (χ1) is 20.6. The molecule has 1 amide bonds. The molecule has 12 heteroatoms. The van der Waals surface area contributed by atoms with E-state index >= 15 is 0 Å². The third-order valence-electron chi connectivity index (χ3n) is 8.87. The quantitative estimate of drug-likeness (QED) is 0.213. The summed E-state index contributed by atoms with van der Waals surface area (Å²) in [6.07, 6.45) is 3.35. The fourth-order valence-electron chi connectivity index (χ4n) is 6.92. The number of ketones is 4. The van der Waals surface area contributed by atoms with Crippen molar-refractivity contribution in [1.29, 1.82) is 0 Å². The second-order valence-electron chi connectivity index (χ2n) is 13.4. The number of aliphatic hydroxyl groups is 1. The van der Waals surface area contributed by atoms with Crippen molar-refractivity contribution in [2.75, 3.05) is 26.0 Å². The van der Waals surface area contributed by atoms with Gasteiger partial charge in [0.15, 0.2) is 34.7 Å². The minimum Gasteiger partial charge on any atom is -0.507 e. The molecule has 5 rings (SSSR count). The number of amides is 1. The largest absolute Gasteiger partial charge is 0.507 e. The molecule has 1 heterocycles. The molecule has 2 aromatic rings. The lowest BCUT2D eigenvalue weighted by Gasteiger charge is -2.52. The minimum absolute atomic E-state index is 0.0246. The van der Waals surface area contributed by atoms with Gasteiger partial charge in [-0.25, -0.2) is 0 Å². The highest BCUT2D eigenvalue weighted by Gasteiger charge is 2.69. The van der Waals surface area contributed by atoms with E-state index in [1.807, 2.05) is 0 Å². The van der Waals surface area contributed by atoms with Crippen molar-refractivity contribution in [1.82, 2.24) is 9.88 Å². The average Bonchev–Trinajstić information content (AvgIpc) is 2.93. The number of anilines is 1. The normalized spacial score (nSPS) is 28.6. The van der Waals surface area contributed by atoms with E-state index in [-0.39, 0.29) is 29.6 Å². The number of aliphatic imine (C=N–C) groups is 1. The Kier molecular flexibility index (Phi) is 7.79. The van der Waals surface area contributed by atoms with Crippen LogP contribution in [0.3, 0.4) is 0 Å². The van der Waals surface area contributed by atoms with E-state index in [9.17, 15) is 34.2 Å². The molecular formula is C32H37N5O7. The van der Waals surface area contributed by atoms with Gasteiger partial charge in [0.25, 0.3) is 0 Å². The predicted molar refractivity (Wildman–Crippen MR) is 161 cm³/mol. The number of carbonyl (C=O) groups is 5. The second-order valence-corrected chi connectivity index (χ2v) is 13.4. The van der Waals surface area contributed by atoms with Crippen molar-refractivity contribution in [2.45, 2.75) is 45.3 Å². The topological polar surface area (TPSA) is 192 Å². The molecular weight excluding hydrogens is 566 g/mol. The lowest BCUT2D eigenvalue weighted by Crippen LogP contribution is -2.74. The summed E-state index contributed by atoms with van der Waals surface area (Å²) in [5, 5.41) is 25.6. The maximum atomic E-state index is 14.0. The number of phenols is 1. The molecule has 0 bridgehead atoms. The molecule has 5 N–H and O–H groups in total. The number of hydrogen-bond acceptors (Lipinski definition) is 10. The second kappa shape index (κ2) is 11.0. The summed E-state index contributed by atoms with van der Waals surface area (Å²) in [5.74, 6) is -10.8. The molecule has 2 fully saturated rings. The molecule has 0 spiro atoms. The molecule has 6 atom stereocenters. The first-order valence-corrected chi connectivity index (χ1v) is 14.5. The first-order valence-electron chi connectivity index (χ1n) is 14.5. The number of likely N-dealkylation sites (N-methyl/N-ethyl adjacent to an activating group) is 1. The third-order valence-corrected chi connectivity index (χ3v) is 8.87. The van der Waals surface area contributed by atoms with Crippen molar-refractivity contribution in [3.8, 4) is 17.0 Å². The number of Topliss-reactive ketones (excluding diaryl/α,β-unsaturated/α-hetero) is 4. The monoisotopic (exact) mass is 603 g/mol. The van der Waals surface area contributed by atoms with Gasteiger partial charge >= 0.3 is 0 Å². The summed E-state index contributed by atoms with van der Waals surface area (Å²) < 4.78 is 0. The van der Waals surface area contributed by atoms with E-state index in [4.69, 9.17) is 5.73 Å². The van der Waals surface area contributed by atoms with Crippen LogP contribution in [0.15, 0.2) is 35.5 Å². The lowest BCUT2D eigenvalue weighted by atomic mass is 9.52. The van der Waals surface area contributed by atoms with Gasteiger partial charge in [0.05, 0.1) is 41.4 Å². The predicted octanol–water partition coefficient (Wildman–Crippen LogP) is 1.42. The molecule has 232 valence electrons. The molecule has 44 heavy (non-hydrogen) atoms. The molecule has 1 aromatic carbocycles. The number of primary amides is 1. The molecule has 0 aliphatic heterocycles. The summed E-state index contributed by atoms with van der Waals surface area (Å²) >= 11 is 0. The zero-order valence-electron chi connectivity index (χ0n) is 25.3. The number of benzene rings is 1. The van der Waals surface area contributed by atoms with Crippen LogP contribution in [-0.4, -0.2) is 87.8 Å².